The molecule has 0 unspecified atom stereocenters. The van der Waals surface area contributed by atoms with Gasteiger partial charge in [-0.3, -0.25) is 0 Å². The van der Waals surface area contributed by atoms with E-state index in [4.69, 9.17) is 0 Å². The molecule has 0 saturated carbocycles. The van der Waals surface area contributed by atoms with Crippen LogP contribution < -0.4 is 0 Å². The summed E-state index contributed by atoms with van der Waals surface area (Å²) in [6, 6.07) is 30.8. The predicted molar refractivity (Wildman–Crippen MR) is 104 cm³/mol. The highest BCUT2D eigenvalue weighted by atomic mass is 14.1. The topological polar surface area (TPSA) is 0 Å². The second-order valence-corrected chi connectivity index (χ2v) is 6.44. The zero-order valence-corrected chi connectivity index (χ0v) is 14.1. The van der Waals surface area contributed by atoms with Crippen molar-refractivity contribution < 1.29 is 0 Å². The molecule has 4 aromatic carbocycles. The van der Waals surface area contributed by atoms with Crippen LogP contribution in [0.25, 0.3) is 33.0 Å². The van der Waals surface area contributed by atoms with Gasteiger partial charge in [-0.25, -0.2) is 0 Å². The van der Waals surface area contributed by atoms with Gasteiger partial charge in [0, 0.05) is 0 Å². The van der Waals surface area contributed by atoms with Crippen molar-refractivity contribution in [2.75, 3.05) is 0 Å². The van der Waals surface area contributed by atoms with E-state index < -0.39 is 0 Å². The van der Waals surface area contributed by atoms with Crippen molar-refractivity contribution in [3.8, 4) is 22.3 Å². The van der Waals surface area contributed by atoms with Crippen molar-refractivity contribution in [2.45, 2.75) is 13.8 Å². The van der Waals surface area contributed by atoms with E-state index in [1.165, 1.54) is 44.2 Å². The zero-order chi connectivity index (χ0) is 16.5. The summed E-state index contributed by atoms with van der Waals surface area (Å²) >= 11 is 0. The number of rotatable bonds is 2. The monoisotopic (exact) mass is 308 g/mol. The first-order chi connectivity index (χ1) is 11.7. The molecular weight excluding hydrogens is 288 g/mol. The molecule has 0 fully saturated rings. The molecule has 0 bridgehead atoms. The first-order valence-corrected chi connectivity index (χ1v) is 8.38. The molecule has 0 aromatic heterocycles. The van der Waals surface area contributed by atoms with E-state index in [0.717, 1.165) is 0 Å². The molecule has 0 spiro atoms. The molecule has 0 saturated heterocycles. The van der Waals surface area contributed by atoms with Gasteiger partial charge in [-0.1, -0.05) is 96.1 Å². The summed E-state index contributed by atoms with van der Waals surface area (Å²) in [6.45, 7) is 4.25. The summed E-state index contributed by atoms with van der Waals surface area (Å²) in [6.07, 6.45) is 0. The molecule has 4 aromatic rings. The minimum absolute atomic E-state index is 1.27. The Balaban J connectivity index is 1.95. The minimum Gasteiger partial charge on any atom is -0.0616 e. The molecule has 0 aliphatic rings. The van der Waals surface area contributed by atoms with Gasteiger partial charge in [0.1, 0.15) is 0 Å². The third kappa shape index (κ3) is 2.61. The summed E-state index contributed by atoms with van der Waals surface area (Å²) < 4.78 is 0. The minimum atomic E-state index is 1.27. The summed E-state index contributed by atoms with van der Waals surface area (Å²) in [5.41, 5.74) is 7.71. The lowest BCUT2D eigenvalue weighted by Gasteiger charge is -2.12. The van der Waals surface area contributed by atoms with Crippen molar-refractivity contribution >= 4 is 10.8 Å². The van der Waals surface area contributed by atoms with Crippen molar-refractivity contribution in [1.82, 2.24) is 0 Å². The van der Waals surface area contributed by atoms with Crippen LogP contribution >= 0.6 is 0 Å². The fourth-order valence-corrected chi connectivity index (χ4v) is 3.27. The highest BCUT2D eigenvalue weighted by Crippen LogP contribution is 2.35. The van der Waals surface area contributed by atoms with Crippen molar-refractivity contribution in [3.05, 3.63) is 96.1 Å². The average Bonchev–Trinajstić information content (AvgIpc) is 2.62. The third-order valence-electron chi connectivity index (χ3n) is 4.65. The molecule has 0 heterocycles. The van der Waals surface area contributed by atoms with Crippen LogP contribution in [0, 0.1) is 13.8 Å². The van der Waals surface area contributed by atoms with Gasteiger partial charge in [0.15, 0.2) is 0 Å². The van der Waals surface area contributed by atoms with Crippen LogP contribution in [-0.4, -0.2) is 0 Å². The van der Waals surface area contributed by atoms with Crippen LogP contribution in [0.15, 0.2) is 84.9 Å². The Bertz CT molecular complexity index is 906. The lowest BCUT2D eigenvalue weighted by Crippen LogP contribution is -1.86. The average molecular weight is 308 g/mol. The Morgan fingerprint density at radius 1 is 0.417 bits per heavy atom. The van der Waals surface area contributed by atoms with Crippen LogP contribution in [0.5, 0.6) is 0 Å². The van der Waals surface area contributed by atoms with Gasteiger partial charge in [-0.05, 0) is 46.9 Å². The number of hydrogen-bond acceptors (Lipinski definition) is 0. The van der Waals surface area contributed by atoms with E-state index in [2.05, 4.69) is 98.8 Å². The Kier molecular flexibility index (Phi) is 3.66. The van der Waals surface area contributed by atoms with Crippen LogP contribution in [-0.2, 0) is 0 Å². The maximum absolute atomic E-state index is 2.25. The van der Waals surface area contributed by atoms with Crippen molar-refractivity contribution in [3.63, 3.8) is 0 Å². The summed E-state index contributed by atoms with van der Waals surface area (Å²) in [7, 11) is 0. The van der Waals surface area contributed by atoms with Crippen molar-refractivity contribution in [2.24, 2.45) is 0 Å². The van der Waals surface area contributed by atoms with E-state index in [1.54, 1.807) is 0 Å². The third-order valence-corrected chi connectivity index (χ3v) is 4.65. The maximum Gasteiger partial charge on any atom is -0.00992 e. The molecule has 0 radical (unpaired) electrons. The quantitative estimate of drug-likeness (QED) is 0.382. The number of benzene rings is 4. The van der Waals surface area contributed by atoms with Gasteiger partial charge in [0.2, 0.25) is 0 Å². The van der Waals surface area contributed by atoms with Crippen molar-refractivity contribution in [1.29, 1.82) is 0 Å². The largest absolute Gasteiger partial charge is 0.0616 e. The zero-order valence-electron chi connectivity index (χ0n) is 14.1. The highest BCUT2D eigenvalue weighted by Gasteiger charge is 2.09. The molecule has 0 aliphatic heterocycles. The van der Waals surface area contributed by atoms with Gasteiger partial charge in [-0.2, -0.15) is 0 Å². The summed E-state index contributed by atoms with van der Waals surface area (Å²) in [4.78, 5) is 0. The number of aryl methyl sites for hydroxylation is 2. The molecule has 0 heteroatoms. The van der Waals surface area contributed by atoms with Gasteiger partial charge in [-0.15, -0.1) is 0 Å². The fourth-order valence-electron chi connectivity index (χ4n) is 3.27. The molecule has 0 aliphatic carbocycles. The lowest BCUT2D eigenvalue weighted by atomic mass is 9.92. The molecule has 116 valence electrons. The predicted octanol–water partition coefficient (Wildman–Crippen LogP) is 6.79. The second kappa shape index (κ2) is 5.98. The van der Waals surface area contributed by atoms with E-state index in [1.807, 2.05) is 0 Å². The van der Waals surface area contributed by atoms with E-state index in [9.17, 15) is 0 Å². The second-order valence-electron chi connectivity index (χ2n) is 6.44. The van der Waals surface area contributed by atoms with Crippen LogP contribution in [0.1, 0.15) is 11.1 Å². The molecule has 24 heavy (non-hydrogen) atoms. The fraction of sp³-hybridized carbons (Fsp3) is 0.0833. The Labute approximate surface area is 143 Å². The number of fused-ring (bicyclic) bond motifs is 1. The van der Waals surface area contributed by atoms with E-state index in [0.29, 0.717) is 0 Å². The van der Waals surface area contributed by atoms with E-state index >= 15 is 0 Å². The molecule has 4 rings (SSSR count). The van der Waals surface area contributed by atoms with Crippen LogP contribution in [0.3, 0.4) is 0 Å². The van der Waals surface area contributed by atoms with Crippen LogP contribution in [0.2, 0.25) is 0 Å². The standard InChI is InChI=1S/C24H20/c1-17-7-11-19(12-8-17)21-15-16-22(20-13-9-18(2)10-14-20)24-6-4-3-5-23(21)24/h3-16H,1-2H3. The smallest absolute Gasteiger partial charge is 0.00992 e. The summed E-state index contributed by atoms with van der Waals surface area (Å²) in [5.74, 6) is 0. The Morgan fingerprint density at radius 3 is 1.17 bits per heavy atom. The SMILES string of the molecule is Cc1ccc(-c2ccc(-c3ccc(C)cc3)c3ccccc23)cc1. The molecule has 0 amide bonds. The molecular formula is C24H20. The maximum atomic E-state index is 2.25. The van der Waals surface area contributed by atoms with Gasteiger partial charge >= 0.3 is 0 Å². The first-order valence-electron chi connectivity index (χ1n) is 8.38. The lowest BCUT2D eigenvalue weighted by molar-refractivity contribution is 1.47. The highest BCUT2D eigenvalue weighted by molar-refractivity contribution is 6.04. The van der Waals surface area contributed by atoms with E-state index in [-0.39, 0.29) is 0 Å². The van der Waals surface area contributed by atoms with Gasteiger partial charge in [0.25, 0.3) is 0 Å². The molecule has 0 N–H and O–H groups in total. The molecule has 0 atom stereocenters. The van der Waals surface area contributed by atoms with Crippen LogP contribution in [0.4, 0.5) is 0 Å². The Morgan fingerprint density at radius 2 is 0.792 bits per heavy atom. The number of hydrogen-bond donors (Lipinski definition) is 0. The molecule has 0 nitrogen and oxygen atoms in total. The van der Waals surface area contributed by atoms with Gasteiger partial charge in [0.05, 0.1) is 0 Å². The van der Waals surface area contributed by atoms with Gasteiger partial charge < -0.3 is 0 Å². The summed E-state index contributed by atoms with van der Waals surface area (Å²) in [5, 5.41) is 2.61. The normalized spacial score (nSPS) is 10.9. The Hall–Kier alpha value is -2.86. The first kappa shape index (κ1) is 14.7.